The predicted octanol–water partition coefficient (Wildman–Crippen LogP) is -0.893. The average Bonchev–Trinajstić information content (AvgIpc) is 1.79. The van der Waals surface area contributed by atoms with Crippen molar-refractivity contribution in [1.29, 1.82) is 0 Å². The molecule has 0 unspecified atom stereocenters. The molecule has 0 aliphatic heterocycles. The van der Waals surface area contributed by atoms with Gasteiger partial charge in [-0.2, -0.15) is 0 Å². The maximum Gasteiger partial charge on any atom is 2.00 e. The van der Waals surface area contributed by atoms with E-state index in [0.29, 0.717) is 12.2 Å². The fraction of sp³-hybridized carbons (Fsp3) is 0. The molecule has 0 fully saturated rings. The summed E-state index contributed by atoms with van der Waals surface area (Å²) in [6.45, 7) is 0. The number of hydrogen-bond donors (Lipinski definition) is 3. The molecule has 0 spiro atoms. The van der Waals surface area contributed by atoms with Crippen LogP contribution in [0.25, 0.3) is 0 Å². The van der Waals surface area contributed by atoms with Crippen LogP contribution in [0, 0.1) is 0 Å². The smallest absolute Gasteiger partial charge is 1.00 e. The molecule has 9 heteroatoms. The summed E-state index contributed by atoms with van der Waals surface area (Å²) >= 11 is 0. The molecule has 0 heterocycles. The van der Waals surface area contributed by atoms with Gasteiger partial charge >= 0.3 is 57.5 Å². The van der Waals surface area contributed by atoms with Gasteiger partial charge in [-0.1, -0.05) is 0 Å². The van der Waals surface area contributed by atoms with E-state index < -0.39 is 19.8 Å². The fourth-order valence-electron chi connectivity index (χ4n) is 0.287. The van der Waals surface area contributed by atoms with Gasteiger partial charge < -0.3 is 12.5 Å². The Hall–Kier alpha value is 0.0897. The Morgan fingerprint density at radius 3 is 2.08 bits per heavy atom. The monoisotopic (exact) mass is 238 g/mol. The summed E-state index contributed by atoms with van der Waals surface area (Å²) in [5.74, 6) is -2.83. The minimum absolute atomic E-state index is 0. The maximum absolute atomic E-state index is 10.3. The van der Waals surface area contributed by atoms with Crippen LogP contribution in [-0.2, 0) is 18.7 Å². The molecule has 3 N–H and O–H groups in total. The molecular formula is C4H7CaO7P. The van der Waals surface area contributed by atoms with Crippen molar-refractivity contribution in [2.75, 3.05) is 0 Å². The number of phosphoric acid groups is 1. The van der Waals surface area contributed by atoms with Gasteiger partial charge in [-0.3, -0.25) is 9.79 Å². The fourth-order valence-corrected chi connectivity index (χ4v) is 0.582. The van der Waals surface area contributed by atoms with E-state index in [1.165, 1.54) is 0 Å². The van der Waals surface area contributed by atoms with Crippen molar-refractivity contribution in [3.8, 4) is 0 Å². The van der Waals surface area contributed by atoms with Gasteiger partial charge in [0.2, 0.25) is 0 Å². The van der Waals surface area contributed by atoms with Crippen LogP contribution >= 0.6 is 7.82 Å². The number of hydrogen-bond acceptors (Lipinski definition) is 4. The third kappa shape index (κ3) is 12.1. The second kappa shape index (κ2) is 6.53. The van der Waals surface area contributed by atoms with Crippen molar-refractivity contribution < 1.29 is 36.4 Å². The van der Waals surface area contributed by atoms with Crippen molar-refractivity contribution in [1.82, 2.24) is 0 Å². The Balaban J connectivity index is -0.000000202. The van der Waals surface area contributed by atoms with E-state index in [1.807, 2.05) is 0 Å². The molecule has 7 nitrogen and oxygen atoms in total. The Bertz CT molecular complexity index is 274. The van der Waals surface area contributed by atoms with E-state index in [1.54, 1.807) is 0 Å². The van der Waals surface area contributed by atoms with Gasteiger partial charge in [0.25, 0.3) is 0 Å². The Kier molecular flexibility index (Phi) is 7.81. The summed E-state index contributed by atoms with van der Waals surface area (Å²) in [4.78, 5) is 36.2. The summed E-state index contributed by atoms with van der Waals surface area (Å²) in [5.41, 5.74) is 0. The van der Waals surface area contributed by atoms with Crippen molar-refractivity contribution in [3.05, 3.63) is 12.2 Å². The minimum atomic E-state index is -4.88. The molecule has 0 saturated carbocycles. The van der Waals surface area contributed by atoms with Crippen LogP contribution in [0.3, 0.4) is 0 Å². The standard InChI is InChI=1S/C4H5O7P.Ca.2H/c5-3(6)1-2-4(7)11-12(8,9)10;;;/h1-2H,(H,5,6)(H2,8,9,10);;;/q;+2;2*-1/b2-1+;;;. The second-order valence-electron chi connectivity index (χ2n) is 1.57. The van der Waals surface area contributed by atoms with Gasteiger partial charge in [0.15, 0.2) is 0 Å². The predicted molar refractivity (Wildman–Crippen MR) is 42.9 cm³/mol. The number of rotatable bonds is 3. The van der Waals surface area contributed by atoms with E-state index in [4.69, 9.17) is 14.9 Å². The summed E-state index contributed by atoms with van der Waals surface area (Å²) in [7, 11) is -4.88. The molecule has 0 amide bonds. The normalized spacial score (nSPS) is 10.6. The zero-order valence-electron chi connectivity index (χ0n) is 8.28. The first kappa shape index (κ1) is 15.6. The third-order valence-corrected chi connectivity index (χ3v) is 0.989. The minimum Gasteiger partial charge on any atom is -1.00 e. The van der Waals surface area contributed by atoms with E-state index in [-0.39, 0.29) is 40.6 Å². The van der Waals surface area contributed by atoms with E-state index in [0.717, 1.165) is 0 Å². The number of carboxylic acids is 1. The number of carboxylic acid groups (broad SMARTS) is 1. The Morgan fingerprint density at radius 2 is 1.77 bits per heavy atom. The zero-order chi connectivity index (χ0) is 9.78. The number of carbonyl (C=O) groups excluding carboxylic acids is 1. The van der Waals surface area contributed by atoms with E-state index >= 15 is 0 Å². The van der Waals surface area contributed by atoms with Gasteiger partial charge in [-0.05, 0) is 0 Å². The maximum atomic E-state index is 10.3. The first-order valence-electron chi connectivity index (χ1n) is 2.51. The molecule has 13 heavy (non-hydrogen) atoms. The van der Waals surface area contributed by atoms with Crippen molar-refractivity contribution in [2.24, 2.45) is 0 Å². The Morgan fingerprint density at radius 1 is 1.31 bits per heavy atom. The first-order valence-corrected chi connectivity index (χ1v) is 4.04. The largest absolute Gasteiger partial charge is 2.00 e. The quantitative estimate of drug-likeness (QED) is 0.331. The van der Waals surface area contributed by atoms with Crippen LogP contribution in [-0.4, -0.2) is 64.6 Å². The van der Waals surface area contributed by atoms with Gasteiger partial charge in [-0.15, -0.1) is 0 Å². The molecule has 0 aliphatic carbocycles. The molecule has 0 rings (SSSR count). The molecular weight excluding hydrogens is 231 g/mol. The van der Waals surface area contributed by atoms with Crippen LogP contribution in [0.1, 0.15) is 2.85 Å². The number of aliphatic carboxylic acids is 1. The SMILES string of the molecule is O=C(O)/C=C/C(=O)OP(=O)(O)O.[Ca+2].[H-].[H-]. The molecule has 0 radical (unpaired) electrons. The van der Waals surface area contributed by atoms with E-state index in [9.17, 15) is 14.2 Å². The molecule has 0 atom stereocenters. The van der Waals surface area contributed by atoms with Crippen molar-refractivity contribution in [3.63, 3.8) is 0 Å². The average molecular weight is 238 g/mol. The topological polar surface area (TPSA) is 121 Å². The second-order valence-corrected chi connectivity index (χ2v) is 2.74. The van der Waals surface area contributed by atoms with Gasteiger partial charge in [0, 0.05) is 12.2 Å². The van der Waals surface area contributed by atoms with Crippen LogP contribution in [0.5, 0.6) is 0 Å². The zero-order valence-corrected chi connectivity index (χ0v) is 9.39. The summed E-state index contributed by atoms with van der Waals surface area (Å²) < 4.78 is 13.4. The number of phosphoric ester groups is 1. The van der Waals surface area contributed by atoms with Crippen LogP contribution in [0.4, 0.5) is 0 Å². The Labute approximate surface area is 106 Å². The van der Waals surface area contributed by atoms with Crippen LogP contribution < -0.4 is 0 Å². The molecule has 72 valence electrons. The van der Waals surface area contributed by atoms with Gasteiger partial charge in [0.05, 0.1) is 0 Å². The third-order valence-electron chi connectivity index (χ3n) is 0.571. The van der Waals surface area contributed by atoms with E-state index in [2.05, 4.69) is 4.52 Å². The molecule has 0 aromatic rings. The van der Waals surface area contributed by atoms with Crippen LogP contribution in [0.2, 0.25) is 0 Å². The number of carbonyl (C=O) groups is 2. The van der Waals surface area contributed by atoms with Gasteiger partial charge in [-0.25, -0.2) is 14.2 Å². The summed E-state index contributed by atoms with van der Waals surface area (Å²) in [6, 6.07) is 0. The molecule has 0 aliphatic rings. The first-order chi connectivity index (χ1) is 5.31. The molecule has 0 bridgehead atoms. The molecule has 0 aromatic carbocycles. The van der Waals surface area contributed by atoms with Crippen LogP contribution in [0.15, 0.2) is 12.2 Å². The molecule has 0 aromatic heterocycles. The molecule has 0 saturated heterocycles. The summed E-state index contributed by atoms with van der Waals surface area (Å²) in [6.07, 6.45) is 0.791. The van der Waals surface area contributed by atoms with Crippen molar-refractivity contribution in [2.45, 2.75) is 0 Å². The summed E-state index contributed by atoms with van der Waals surface area (Å²) in [5, 5.41) is 7.97. The van der Waals surface area contributed by atoms with Gasteiger partial charge in [0.1, 0.15) is 0 Å². The van der Waals surface area contributed by atoms with Crippen molar-refractivity contribution >= 4 is 57.5 Å².